The number of halogens is 1. The molecule has 110 valence electrons. The lowest BCUT2D eigenvalue weighted by Crippen LogP contribution is -2.25. The number of carbonyl (C=O) groups is 1. The van der Waals surface area contributed by atoms with E-state index in [1.165, 1.54) is 17.7 Å². The number of benzene rings is 2. The van der Waals surface area contributed by atoms with E-state index in [9.17, 15) is 9.18 Å². The smallest absolute Gasteiger partial charge is 0.220 e. The molecule has 0 atom stereocenters. The predicted molar refractivity (Wildman–Crippen MR) is 84.9 cm³/mol. The monoisotopic (exact) mass is 303 g/mol. The van der Waals surface area contributed by atoms with E-state index in [1.54, 1.807) is 23.9 Å². The van der Waals surface area contributed by atoms with Gasteiger partial charge in [0.25, 0.3) is 0 Å². The van der Waals surface area contributed by atoms with Crippen LogP contribution in [0.1, 0.15) is 12.0 Å². The summed E-state index contributed by atoms with van der Waals surface area (Å²) >= 11 is 1.56. The summed E-state index contributed by atoms with van der Waals surface area (Å²) in [4.78, 5) is 12.7. The molecular weight excluding hydrogens is 285 g/mol. The number of thioether (sulfide) groups is 1. The van der Waals surface area contributed by atoms with Gasteiger partial charge in [0.15, 0.2) is 0 Å². The first-order valence-corrected chi connectivity index (χ1v) is 7.91. The maximum Gasteiger partial charge on any atom is 0.220 e. The maximum atomic E-state index is 12.7. The van der Waals surface area contributed by atoms with Gasteiger partial charge in [-0.3, -0.25) is 4.79 Å². The van der Waals surface area contributed by atoms with Crippen LogP contribution in [0.15, 0.2) is 59.5 Å². The first-order chi connectivity index (χ1) is 10.2. The van der Waals surface area contributed by atoms with Crippen LogP contribution in [-0.2, 0) is 11.2 Å². The average Bonchev–Trinajstić information content (AvgIpc) is 2.50. The minimum Gasteiger partial charge on any atom is -0.356 e. The Morgan fingerprint density at radius 1 is 1.05 bits per heavy atom. The number of nitrogens with one attached hydrogen (secondary N) is 1. The highest BCUT2D eigenvalue weighted by atomic mass is 32.2. The molecule has 0 bridgehead atoms. The van der Waals surface area contributed by atoms with Gasteiger partial charge in [-0.25, -0.2) is 4.39 Å². The van der Waals surface area contributed by atoms with E-state index in [0.29, 0.717) is 18.7 Å². The quantitative estimate of drug-likeness (QED) is 0.791. The van der Waals surface area contributed by atoms with Gasteiger partial charge in [0, 0.05) is 23.6 Å². The molecule has 0 aliphatic carbocycles. The van der Waals surface area contributed by atoms with Gasteiger partial charge in [-0.15, -0.1) is 11.8 Å². The molecule has 0 saturated heterocycles. The molecule has 0 heterocycles. The van der Waals surface area contributed by atoms with Gasteiger partial charge in [-0.1, -0.05) is 30.3 Å². The summed E-state index contributed by atoms with van der Waals surface area (Å²) in [7, 11) is 0. The summed E-state index contributed by atoms with van der Waals surface area (Å²) in [5, 5.41) is 2.91. The molecule has 0 saturated carbocycles. The number of rotatable bonds is 7. The molecule has 0 fully saturated rings. The zero-order valence-electron chi connectivity index (χ0n) is 11.7. The largest absolute Gasteiger partial charge is 0.356 e. The Kier molecular flexibility index (Phi) is 6.28. The van der Waals surface area contributed by atoms with Crippen molar-refractivity contribution in [1.29, 1.82) is 0 Å². The van der Waals surface area contributed by atoms with Crippen molar-refractivity contribution < 1.29 is 9.18 Å². The Morgan fingerprint density at radius 3 is 2.48 bits per heavy atom. The van der Waals surface area contributed by atoms with Crippen LogP contribution in [0, 0.1) is 5.82 Å². The second-order valence-corrected chi connectivity index (χ2v) is 5.81. The second kappa shape index (κ2) is 8.47. The van der Waals surface area contributed by atoms with Crippen LogP contribution in [-0.4, -0.2) is 18.2 Å². The van der Waals surface area contributed by atoms with Gasteiger partial charge in [0.2, 0.25) is 5.91 Å². The lowest BCUT2D eigenvalue weighted by Gasteiger charge is -2.05. The topological polar surface area (TPSA) is 29.1 Å². The van der Waals surface area contributed by atoms with Crippen molar-refractivity contribution in [3.05, 3.63) is 66.0 Å². The van der Waals surface area contributed by atoms with Gasteiger partial charge < -0.3 is 5.32 Å². The molecule has 0 spiro atoms. The summed E-state index contributed by atoms with van der Waals surface area (Å²) in [6.45, 7) is 0.657. The van der Waals surface area contributed by atoms with Crippen LogP contribution in [0.3, 0.4) is 0 Å². The third-order valence-electron chi connectivity index (χ3n) is 2.99. The van der Waals surface area contributed by atoms with Crippen molar-refractivity contribution >= 4 is 17.7 Å². The highest BCUT2D eigenvalue weighted by Crippen LogP contribution is 2.18. The Labute approximate surface area is 128 Å². The van der Waals surface area contributed by atoms with E-state index in [0.717, 1.165) is 11.3 Å². The Hall–Kier alpha value is -1.81. The summed E-state index contributed by atoms with van der Waals surface area (Å²) in [5.41, 5.74) is 1.22. The fourth-order valence-electron chi connectivity index (χ4n) is 1.87. The predicted octanol–water partition coefficient (Wildman–Crippen LogP) is 3.67. The lowest BCUT2D eigenvalue weighted by molar-refractivity contribution is -0.120. The molecule has 0 aliphatic rings. The van der Waals surface area contributed by atoms with Crippen LogP contribution >= 0.6 is 11.8 Å². The van der Waals surface area contributed by atoms with E-state index >= 15 is 0 Å². The summed E-state index contributed by atoms with van der Waals surface area (Å²) in [6, 6.07) is 16.4. The molecule has 21 heavy (non-hydrogen) atoms. The molecule has 1 amide bonds. The maximum absolute atomic E-state index is 12.7. The Bertz CT molecular complexity index is 557. The number of hydrogen-bond donors (Lipinski definition) is 1. The molecule has 1 N–H and O–H groups in total. The molecule has 0 unspecified atom stereocenters. The van der Waals surface area contributed by atoms with E-state index in [2.05, 4.69) is 17.4 Å². The van der Waals surface area contributed by atoms with Crippen molar-refractivity contribution in [3.63, 3.8) is 0 Å². The molecule has 2 rings (SSSR count). The van der Waals surface area contributed by atoms with Crippen molar-refractivity contribution in [2.45, 2.75) is 17.7 Å². The molecule has 4 heteroatoms. The Morgan fingerprint density at radius 2 is 1.76 bits per heavy atom. The van der Waals surface area contributed by atoms with Crippen LogP contribution in [0.2, 0.25) is 0 Å². The molecule has 0 aliphatic heterocycles. The van der Waals surface area contributed by atoms with Gasteiger partial charge >= 0.3 is 0 Å². The SMILES string of the molecule is O=C(CCSc1ccc(F)cc1)NCCc1ccccc1. The highest BCUT2D eigenvalue weighted by Gasteiger charge is 2.02. The first kappa shape index (κ1) is 15.6. The number of hydrogen-bond acceptors (Lipinski definition) is 2. The minimum absolute atomic E-state index is 0.0561. The molecule has 2 aromatic rings. The minimum atomic E-state index is -0.238. The van der Waals surface area contributed by atoms with Crippen molar-refractivity contribution in [1.82, 2.24) is 5.32 Å². The zero-order chi connectivity index (χ0) is 14.9. The molecular formula is C17H18FNOS. The first-order valence-electron chi connectivity index (χ1n) is 6.93. The normalized spacial score (nSPS) is 10.3. The second-order valence-electron chi connectivity index (χ2n) is 4.64. The van der Waals surface area contributed by atoms with Crippen molar-refractivity contribution in [2.24, 2.45) is 0 Å². The molecule has 2 nitrogen and oxygen atoms in total. The third kappa shape index (κ3) is 6.00. The third-order valence-corrected chi connectivity index (χ3v) is 4.00. The number of carbonyl (C=O) groups excluding carboxylic acids is 1. The van der Waals surface area contributed by atoms with E-state index in [1.807, 2.05) is 18.2 Å². The fraction of sp³-hybridized carbons (Fsp3) is 0.235. The van der Waals surface area contributed by atoms with Crippen LogP contribution in [0.5, 0.6) is 0 Å². The zero-order valence-corrected chi connectivity index (χ0v) is 12.5. The highest BCUT2D eigenvalue weighted by molar-refractivity contribution is 7.99. The van der Waals surface area contributed by atoms with Crippen LogP contribution in [0.4, 0.5) is 4.39 Å². The fourth-order valence-corrected chi connectivity index (χ4v) is 2.72. The van der Waals surface area contributed by atoms with E-state index in [4.69, 9.17) is 0 Å². The van der Waals surface area contributed by atoms with Crippen molar-refractivity contribution in [3.8, 4) is 0 Å². The van der Waals surface area contributed by atoms with Crippen LogP contribution in [0.25, 0.3) is 0 Å². The lowest BCUT2D eigenvalue weighted by atomic mass is 10.1. The molecule has 0 radical (unpaired) electrons. The van der Waals surface area contributed by atoms with E-state index < -0.39 is 0 Å². The van der Waals surface area contributed by atoms with Gasteiger partial charge in [0.1, 0.15) is 5.82 Å². The average molecular weight is 303 g/mol. The van der Waals surface area contributed by atoms with Gasteiger partial charge in [0.05, 0.1) is 0 Å². The number of amides is 1. The molecule has 2 aromatic carbocycles. The standard InChI is InChI=1S/C17H18FNOS/c18-15-6-8-16(9-7-15)21-13-11-17(20)19-12-10-14-4-2-1-3-5-14/h1-9H,10-13H2,(H,19,20). The van der Waals surface area contributed by atoms with E-state index in [-0.39, 0.29) is 11.7 Å². The van der Waals surface area contributed by atoms with Crippen molar-refractivity contribution in [2.75, 3.05) is 12.3 Å². The summed E-state index contributed by atoms with van der Waals surface area (Å²) in [6.07, 6.45) is 1.31. The summed E-state index contributed by atoms with van der Waals surface area (Å²) < 4.78 is 12.7. The Balaban J connectivity index is 1.60. The van der Waals surface area contributed by atoms with Crippen LogP contribution < -0.4 is 5.32 Å². The van der Waals surface area contributed by atoms with Gasteiger partial charge in [-0.2, -0.15) is 0 Å². The summed E-state index contributed by atoms with van der Waals surface area (Å²) in [5.74, 6) is 0.515. The van der Waals surface area contributed by atoms with Gasteiger partial charge in [-0.05, 0) is 36.2 Å². The molecule has 0 aromatic heterocycles.